The van der Waals surface area contributed by atoms with E-state index in [-0.39, 0.29) is 21.2 Å². The van der Waals surface area contributed by atoms with Gasteiger partial charge < -0.3 is 19.9 Å². The SMILES string of the molecule is C[C@H](NC(=O)OC(C)(C)C)C(=O)O[C@@H](C)C(O)(c1ccc(Cl)c(F)c1)c1ccc(Cl)c(F)c1. The summed E-state index contributed by atoms with van der Waals surface area (Å²) in [6.07, 6.45) is -2.19. The zero-order chi connectivity index (χ0) is 25.1. The van der Waals surface area contributed by atoms with Gasteiger partial charge >= 0.3 is 12.1 Å². The first kappa shape index (κ1) is 26.8. The maximum Gasteiger partial charge on any atom is 0.408 e. The zero-order valence-electron chi connectivity index (χ0n) is 18.7. The average Bonchev–Trinajstić information content (AvgIpc) is 2.69. The lowest BCUT2D eigenvalue weighted by Crippen LogP contribution is -2.47. The molecule has 0 unspecified atom stereocenters. The van der Waals surface area contributed by atoms with Crippen molar-refractivity contribution in [2.45, 2.75) is 58.0 Å². The van der Waals surface area contributed by atoms with Gasteiger partial charge in [-0.1, -0.05) is 35.3 Å². The fourth-order valence-corrected chi connectivity index (χ4v) is 3.24. The number of rotatable bonds is 6. The molecular formula is C23H25Cl2F2NO5. The molecule has 0 heterocycles. The molecule has 2 rings (SSSR count). The first-order valence-corrected chi connectivity index (χ1v) is 10.7. The van der Waals surface area contributed by atoms with E-state index in [9.17, 15) is 23.5 Å². The molecule has 33 heavy (non-hydrogen) atoms. The van der Waals surface area contributed by atoms with Gasteiger partial charge in [0.1, 0.15) is 29.4 Å². The smallest absolute Gasteiger partial charge is 0.408 e. The van der Waals surface area contributed by atoms with Crippen LogP contribution in [0.4, 0.5) is 13.6 Å². The maximum atomic E-state index is 14.2. The monoisotopic (exact) mass is 503 g/mol. The number of halogens is 4. The molecule has 0 aliphatic carbocycles. The largest absolute Gasteiger partial charge is 0.457 e. The standard InChI is InChI=1S/C23H25Cl2F2NO5/c1-12(28-21(30)33-22(3,4)5)20(29)32-13(2)23(31,14-6-8-16(24)18(26)10-14)15-7-9-17(25)19(27)11-15/h6-13,31H,1-5H3,(H,28,30)/t12-,13-/m0/s1. The number of ether oxygens (including phenoxy) is 2. The van der Waals surface area contributed by atoms with Crippen molar-refractivity contribution in [2.75, 3.05) is 0 Å². The second kappa shape index (κ2) is 10.2. The Morgan fingerprint density at radius 3 is 1.82 bits per heavy atom. The second-order valence-electron chi connectivity index (χ2n) is 8.47. The van der Waals surface area contributed by atoms with Gasteiger partial charge in [-0.15, -0.1) is 0 Å². The van der Waals surface area contributed by atoms with Crippen LogP contribution >= 0.6 is 23.2 Å². The summed E-state index contributed by atoms with van der Waals surface area (Å²) in [5.74, 6) is -2.57. The van der Waals surface area contributed by atoms with Crippen LogP contribution in [0, 0.1) is 11.6 Å². The van der Waals surface area contributed by atoms with E-state index in [1.54, 1.807) is 20.8 Å². The lowest BCUT2D eigenvalue weighted by molar-refractivity contribution is -0.162. The van der Waals surface area contributed by atoms with Gasteiger partial charge in [0, 0.05) is 0 Å². The lowest BCUT2D eigenvalue weighted by atomic mass is 9.82. The molecule has 0 aliphatic rings. The van der Waals surface area contributed by atoms with Crippen molar-refractivity contribution in [1.82, 2.24) is 5.32 Å². The highest BCUT2D eigenvalue weighted by atomic mass is 35.5. The number of aliphatic hydroxyl groups is 1. The summed E-state index contributed by atoms with van der Waals surface area (Å²) in [5.41, 5.74) is -3.05. The van der Waals surface area contributed by atoms with Gasteiger partial charge in [0.2, 0.25) is 0 Å². The van der Waals surface area contributed by atoms with Crippen LogP contribution in [0.15, 0.2) is 36.4 Å². The molecule has 6 nitrogen and oxygen atoms in total. The number of alkyl carbamates (subject to hydrolysis) is 1. The van der Waals surface area contributed by atoms with Crippen molar-refractivity contribution < 1.29 is 33.0 Å². The first-order chi connectivity index (χ1) is 15.1. The fraction of sp³-hybridized carbons (Fsp3) is 0.391. The Balaban J connectivity index is 2.37. The summed E-state index contributed by atoms with van der Waals surface area (Å²) in [7, 11) is 0. The van der Waals surface area contributed by atoms with Gasteiger partial charge in [0.05, 0.1) is 10.0 Å². The Kier molecular flexibility index (Phi) is 8.32. The molecule has 2 aromatic carbocycles. The summed E-state index contributed by atoms with van der Waals surface area (Å²) >= 11 is 11.5. The topological polar surface area (TPSA) is 84.9 Å². The van der Waals surface area contributed by atoms with Crippen molar-refractivity contribution in [2.24, 2.45) is 0 Å². The number of carbonyl (C=O) groups is 2. The molecule has 0 aliphatic heterocycles. The minimum Gasteiger partial charge on any atom is -0.457 e. The molecule has 2 aromatic rings. The molecule has 0 fully saturated rings. The Morgan fingerprint density at radius 1 is 0.970 bits per heavy atom. The summed E-state index contributed by atoms with van der Waals surface area (Å²) in [5, 5.41) is 13.6. The van der Waals surface area contributed by atoms with Crippen molar-refractivity contribution in [3.63, 3.8) is 0 Å². The van der Waals surface area contributed by atoms with Crippen LogP contribution in [-0.4, -0.2) is 34.9 Å². The second-order valence-corrected chi connectivity index (χ2v) is 9.29. The van der Waals surface area contributed by atoms with Crippen LogP contribution in [-0.2, 0) is 19.9 Å². The van der Waals surface area contributed by atoms with Crippen LogP contribution in [0.5, 0.6) is 0 Å². The van der Waals surface area contributed by atoms with E-state index in [2.05, 4.69) is 5.32 Å². The predicted octanol–water partition coefficient (Wildman–Crippen LogP) is 5.35. The minimum atomic E-state index is -2.18. The number of hydrogen-bond acceptors (Lipinski definition) is 5. The van der Waals surface area contributed by atoms with E-state index in [0.717, 1.165) is 12.1 Å². The van der Waals surface area contributed by atoms with Crippen molar-refractivity contribution in [1.29, 1.82) is 0 Å². The number of benzene rings is 2. The molecule has 0 radical (unpaired) electrons. The molecule has 2 N–H and O–H groups in total. The van der Waals surface area contributed by atoms with Crippen molar-refractivity contribution in [3.8, 4) is 0 Å². The first-order valence-electron chi connectivity index (χ1n) is 9.98. The highest BCUT2D eigenvalue weighted by molar-refractivity contribution is 6.31. The summed E-state index contributed by atoms with van der Waals surface area (Å²) in [4.78, 5) is 24.6. The summed E-state index contributed by atoms with van der Waals surface area (Å²) in [6, 6.07) is 5.85. The minimum absolute atomic E-state index is 0.0424. The highest BCUT2D eigenvalue weighted by Crippen LogP contribution is 2.37. The molecule has 10 heteroatoms. The maximum absolute atomic E-state index is 14.2. The molecule has 0 saturated heterocycles. The van der Waals surface area contributed by atoms with Gasteiger partial charge in [0.25, 0.3) is 0 Å². The molecule has 0 spiro atoms. The van der Waals surface area contributed by atoms with E-state index in [4.69, 9.17) is 32.7 Å². The molecule has 0 saturated carbocycles. The van der Waals surface area contributed by atoms with Gasteiger partial charge in [0.15, 0.2) is 5.60 Å². The number of amides is 1. The quantitative estimate of drug-likeness (QED) is 0.518. The number of esters is 1. The van der Waals surface area contributed by atoms with Crippen LogP contribution in [0.2, 0.25) is 10.0 Å². The number of carbonyl (C=O) groups excluding carboxylic acids is 2. The van der Waals surface area contributed by atoms with E-state index >= 15 is 0 Å². The van der Waals surface area contributed by atoms with E-state index < -0.39 is 47.0 Å². The van der Waals surface area contributed by atoms with Crippen LogP contribution in [0.25, 0.3) is 0 Å². The predicted molar refractivity (Wildman–Crippen MR) is 120 cm³/mol. The Hall–Kier alpha value is -2.42. The van der Waals surface area contributed by atoms with Crippen molar-refractivity contribution in [3.05, 3.63) is 69.2 Å². The van der Waals surface area contributed by atoms with Gasteiger partial charge in [-0.2, -0.15) is 0 Å². The molecule has 0 aromatic heterocycles. The Labute approximate surface area is 200 Å². The normalized spacial score (nSPS) is 13.8. The molecule has 2 atom stereocenters. The fourth-order valence-electron chi connectivity index (χ4n) is 3.01. The third kappa shape index (κ3) is 6.56. The van der Waals surface area contributed by atoms with Gasteiger partial charge in [-0.05, 0) is 70.0 Å². The zero-order valence-corrected chi connectivity index (χ0v) is 20.2. The summed E-state index contributed by atoms with van der Waals surface area (Å²) < 4.78 is 38.9. The van der Waals surface area contributed by atoms with Crippen LogP contribution < -0.4 is 5.32 Å². The van der Waals surface area contributed by atoms with Gasteiger partial charge in [-0.25, -0.2) is 18.4 Å². The van der Waals surface area contributed by atoms with Crippen LogP contribution in [0.3, 0.4) is 0 Å². The third-order valence-corrected chi connectivity index (χ3v) is 5.30. The molecular weight excluding hydrogens is 479 g/mol. The highest BCUT2D eigenvalue weighted by Gasteiger charge is 2.42. The number of hydrogen-bond donors (Lipinski definition) is 2. The average molecular weight is 504 g/mol. The Bertz CT molecular complexity index is 990. The molecule has 0 bridgehead atoms. The van der Waals surface area contributed by atoms with Crippen molar-refractivity contribution >= 4 is 35.3 Å². The summed E-state index contributed by atoms with van der Waals surface area (Å²) in [6.45, 7) is 7.69. The number of nitrogens with one attached hydrogen (secondary N) is 1. The Morgan fingerprint density at radius 2 is 1.42 bits per heavy atom. The lowest BCUT2D eigenvalue weighted by Gasteiger charge is -2.35. The van der Waals surface area contributed by atoms with Gasteiger partial charge in [-0.3, -0.25) is 0 Å². The molecule has 180 valence electrons. The van der Waals surface area contributed by atoms with E-state index in [0.29, 0.717) is 0 Å². The molecule has 1 amide bonds. The van der Waals surface area contributed by atoms with Crippen LogP contribution in [0.1, 0.15) is 45.7 Å². The third-order valence-electron chi connectivity index (χ3n) is 4.69. The van der Waals surface area contributed by atoms with E-state index in [1.165, 1.54) is 38.1 Å². The van der Waals surface area contributed by atoms with E-state index in [1.807, 2.05) is 0 Å².